The number of esters is 1. The van der Waals surface area contributed by atoms with Gasteiger partial charge in [-0.2, -0.15) is 0 Å². The van der Waals surface area contributed by atoms with Crippen molar-refractivity contribution in [2.24, 2.45) is 10.8 Å². The van der Waals surface area contributed by atoms with Crippen LogP contribution in [0.1, 0.15) is 60.5 Å². The van der Waals surface area contributed by atoms with Crippen LogP contribution in [0.5, 0.6) is 0 Å². The Balaban J connectivity index is 0. The van der Waals surface area contributed by atoms with Crippen LogP contribution >= 0.6 is 0 Å². The van der Waals surface area contributed by atoms with E-state index in [1.807, 2.05) is 51.1 Å². The number of hydrogen-bond donors (Lipinski definition) is 0. The molecule has 0 aliphatic rings. The van der Waals surface area contributed by atoms with Crippen molar-refractivity contribution in [1.82, 2.24) is 0 Å². The van der Waals surface area contributed by atoms with Gasteiger partial charge in [0.25, 0.3) is 0 Å². The average Bonchev–Trinajstić information content (AvgIpc) is 2.67. The summed E-state index contributed by atoms with van der Waals surface area (Å²) in [6, 6.07) is 10.0. The predicted octanol–water partition coefficient (Wildman–Crippen LogP) is 5.80. The molecule has 0 atom stereocenters. The Morgan fingerprint density at radius 3 is 1.84 bits per heavy atom. The van der Waals surface area contributed by atoms with Gasteiger partial charge in [0.15, 0.2) is 6.29 Å². The second-order valence-electron chi connectivity index (χ2n) is 9.64. The summed E-state index contributed by atoms with van der Waals surface area (Å²) in [6.07, 6.45) is 7.11. The van der Waals surface area contributed by atoms with E-state index in [9.17, 15) is 9.00 Å². The first-order chi connectivity index (χ1) is 14.7. The molecular weight excluding hydrogens is 424 g/mol. The van der Waals surface area contributed by atoms with E-state index in [4.69, 9.17) is 14.2 Å². The highest BCUT2D eigenvalue weighted by atomic mass is 32.2. The Kier molecular flexibility index (Phi) is 17.4. The Morgan fingerprint density at radius 1 is 1.00 bits per heavy atom. The molecule has 0 fully saturated rings. The predicted molar refractivity (Wildman–Crippen MR) is 136 cm³/mol. The van der Waals surface area contributed by atoms with Gasteiger partial charge in [0, 0.05) is 49.4 Å². The summed E-state index contributed by atoms with van der Waals surface area (Å²) in [7, 11) is 2.75. The highest BCUT2D eigenvalue weighted by Gasteiger charge is 2.28. The molecule has 0 heterocycles. The van der Waals surface area contributed by atoms with Crippen LogP contribution in [0.15, 0.2) is 42.0 Å². The zero-order valence-electron chi connectivity index (χ0n) is 22.1. The van der Waals surface area contributed by atoms with Gasteiger partial charge in [0.2, 0.25) is 0 Å². The van der Waals surface area contributed by atoms with Gasteiger partial charge in [0.1, 0.15) is 0 Å². The number of benzene rings is 1. The van der Waals surface area contributed by atoms with E-state index in [-0.39, 0.29) is 17.7 Å². The van der Waals surface area contributed by atoms with Gasteiger partial charge in [-0.15, -0.1) is 0 Å². The fraction of sp³-hybridized carbons (Fsp3) is 0.654. The van der Waals surface area contributed by atoms with Crippen LogP contribution in [-0.4, -0.2) is 49.8 Å². The van der Waals surface area contributed by atoms with Crippen LogP contribution < -0.4 is 0 Å². The molecule has 0 unspecified atom stereocenters. The van der Waals surface area contributed by atoms with Crippen LogP contribution in [0.25, 0.3) is 0 Å². The zero-order chi connectivity index (χ0) is 25.4. The van der Waals surface area contributed by atoms with E-state index in [0.29, 0.717) is 6.61 Å². The summed E-state index contributed by atoms with van der Waals surface area (Å²) >= 11 is 0. The van der Waals surface area contributed by atoms with Crippen LogP contribution in [0.2, 0.25) is 0 Å². The fourth-order valence-corrected chi connectivity index (χ4v) is 2.42. The summed E-state index contributed by atoms with van der Waals surface area (Å²) in [6.45, 7) is 14.5. The van der Waals surface area contributed by atoms with Crippen molar-refractivity contribution < 1.29 is 23.2 Å². The Hall–Kier alpha value is -1.50. The third kappa shape index (κ3) is 18.1. The van der Waals surface area contributed by atoms with Crippen LogP contribution in [0, 0.1) is 10.8 Å². The van der Waals surface area contributed by atoms with Crippen LogP contribution in [-0.2, 0) is 36.2 Å². The number of methoxy groups -OCH3 is 2. The van der Waals surface area contributed by atoms with Gasteiger partial charge < -0.3 is 14.2 Å². The molecule has 0 N–H and O–H groups in total. The van der Waals surface area contributed by atoms with Gasteiger partial charge in [-0.1, -0.05) is 55.8 Å². The second-order valence-corrected chi connectivity index (χ2v) is 11.1. The largest absolute Gasteiger partial charge is 0.465 e. The number of allylic oxidation sites excluding steroid dienone is 2. The summed E-state index contributed by atoms with van der Waals surface area (Å²) in [5.41, 5.74) is 2.15. The van der Waals surface area contributed by atoms with Gasteiger partial charge in [0.05, 0.1) is 12.0 Å². The molecule has 1 aromatic carbocycles. The summed E-state index contributed by atoms with van der Waals surface area (Å²) in [4.78, 5) is 11.4. The topological polar surface area (TPSA) is 61.8 Å². The molecule has 186 valence electrons. The van der Waals surface area contributed by atoms with Gasteiger partial charge in [-0.05, 0) is 46.6 Å². The third-order valence-corrected chi connectivity index (χ3v) is 4.18. The van der Waals surface area contributed by atoms with Crippen LogP contribution in [0.4, 0.5) is 0 Å². The summed E-state index contributed by atoms with van der Waals surface area (Å²) in [5.74, 6) is -0.140. The number of ether oxygens (including phenoxy) is 3. The Bertz CT molecular complexity index is 663. The molecule has 0 bridgehead atoms. The molecule has 0 radical (unpaired) electrons. The van der Waals surface area contributed by atoms with Crippen LogP contribution in [0.3, 0.4) is 0 Å². The minimum absolute atomic E-state index is 0.0285. The van der Waals surface area contributed by atoms with E-state index in [1.54, 1.807) is 26.7 Å². The molecule has 0 aliphatic heterocycles. The molecule has 0 spiro atoms. The maximum Gasteiger partial charge on any atom is 0.311 e. The quantitative estimate of drug-likeness (QED) is 0.273. The molecule has 0 saturated heterocycles. The SMILES string of the molecule is CC(C)(C)C(=O)OCCc1ccccc1.COC(OC)C(C)(C)CC=C(C)C.CS(C)=O. The normalized spacial score (nSPS) is 11.2. The number of carbonyl (C=O) groups excluding carboxylic acids is 1. The third-order valence-electron chi connectivity index (χ3n) is 4.18. The lowest BCUT2D eigenvalue weighted by atomic mass is 9.87. The van der Waals surface area contributed by atoms with Crippen molar-refractivity contribution in [3.8, 4) is 0 Å². The highest BCUT2D eigenvalue weighted by Crippen LogP contribution is 2.28. The maximum absolute atomic E-state index is 11.4. The van der Waals surface area contributed by atoms with E-state index >= 15 is 0 Å². The van der Waals surface area contributed by atoms with E-state index in [1.165, 1.54) is 11.1 Å². The average molecular weight is 471 g/mol. The molecule has 0 amide bonds. The maximum atomic E-state index is 11.4. The molecule has 0 aromatic heterocycles. The molecule has 0 aliphatic carbocycles. The van der Waals surface area contributed by atoms with Crippen molar-refractivity contribution in [3.63, 3.8) is 0 Å². The molecule has 5 nitrogen and oxygen atoms in total. The fourth-order valence-electron chi connectivity index (χ4n) is 2.42. The van der Waals surface area contributed by atoms with Crippen molar-refractivity contribution in [2.75, 3.05) is 33.3 Å². The number of hydrogen-bond acceptors (Lipinski definition) is 5. The van der Waals surface area contributed by atoms with Crippen molar-refractivity contribution in [1.29, 1.82) is 0 Å². The van der Waals surface area contributed by atoms with Crippen molar-refractivity contribution in [3.05, 3.63) is 47.5 Å². The van der Waals surface area contributed by atoms with Gasteiger partial charge in [-0.25, -0.2) is 0 Å². The van der Waals surface area contributed by atoms with Gasteiger partial charge >= 0.3 is 5.97 Å². The number of rotatable bonds is 8. The van der Waals surface area contributed by atoms with E-state index in [2.05, 4.69) is 33.8 Å². The monoisotopic (exact) mass is 470 g/mol. The molecule has 1 aromatic rings. The van der Waals surface area contributed by atoms with Crippen molar-refractivity contribution >= 4 is 16.8 Å². The molecule has 6 heteroatoms. The minimum Gasteiger partial charge on any atom is -0.465 e. The molecule has 32 heavy (non-hydrogen) atoms. The molecule has 0 saturated carbocycles. The summed E-state index contributed by atoms with van der Waals surface area (Å²) < 4.78 is 25.2. The van der Waals surface area contributed by atoms with Gasteiger partial charge in [-0.3, -0.25) is 9.00 Å². The molecule has 1 rings (SSSR count). The first-order valence-electron chi connectivity index (χ1n) is 10.8. The lowest BCUT2D eigenvalue weighted by Crippen LogP contribution is -2.32. The lowest BCUT2D eigenvalue weighted by molar-refractivity contribution is -0.166. The second kappa shape index (κ2) is 17.0. The van der Waals surface area contributed by atoms with Crippen molar-refractivity contribution in [2.45, 2.75) is 67.6 Å². The first-order valence-corrected chi connectivity index (χ1v) is 12.8. The smallest absolute Gasteiger partial charge is 0.311 e. The van der Waals surface area contributed by atoms with E-state index in [0.717, 1.165) is 12.8 Å². The zero-order valence-corrected chi connectivity index (χ0v) is 22.9. The lowest BCUT2D eigenvalue weighted by Gasteiger charge is -2.31. The standard InChI is InChI=1S/C13H18O2.C11H22O2.C2H6OS/c1-13(2,3)12(14)15-10-9-11-7-5-4-6-8-11;1-9(2)7-8-11(3,4)10(12-5)13-6;1-4(2)3/h4-8H,9-10H2,1-3H3;7,10H,8H2,1-6H3;1-2H3. The highest BCUT2D eigenvalue weighted by molar-refractivity contribution is 7.83. The Labute approximate surface area is 199 Å². The van der Waals surface area contributed by atoms with E-state index < -0.39 is 16.2 Å². The summed E-state index contributed by atoms with van der Waals surface area (Å²) in [5, 5.41) is 0. The first kappa shape index (κ1) is 32.7. The molecular formula is C26H46O5S. The minimum atomic E-state index is -0.611. The number of carbonyl (C=O) groups is 1. The Morgan fingerprint density at radius 2 is 1.47 bits per heavy atom.